The standard InChI is InChI=1S/C21H17BrN2O3/c22-17-11-9-15(10-12-17)14-27-20-8-4-1-5-16(20)13-23-24-19-7-3-2-6-18(19)21(25)26/h1-13,24H,14H2,(H,25,26)/p-1/b23-13-. The molecule has 0 saturated heterocycles. The van der Waals surface area contributed by atoms with Crippen molar-refractivity contribution in [1.29, 1.82) is 0 Å². The molecule has 136 valence electrons. The number of anilines is 1. The summed E-state index contributed by atoms with van der Waals surface area (Å²) in [6, 6.07) is 21.8. The molecule has 3 aromatic rings. The third kappa shape index (κ3) is 5.18. The molecule has 0 fully saturated rings. The van der Waals surface area contributed by atoms with Gasteiger partial charge < -0.3 is 14.6 Å². The van der Waals surface area contributed by atoms with Gasteiger partial charge in [-0.1, -0.05) is 58.4 Å². The van der Waals surface area contributed by atoms with Crippen molar-refractivity contribution in [3.63, 3.8) is 0 Å². The largest absolute Gasteiger partial charge is 0.545 e. The first-order chi connectivity index (χ1) is 13.1. The Balaban J connectivity index is 1.69. The maximum Gasteiger partial charge on any atom is 0.128 e. The van der Waals surface area contributed by atoms with Crippen molar-refractivity contribution in [2.24, 2.45) is 5.10 Å². The second-order valence-electron chi connectivity index (χ2n) is 5.66. The van der Waals surface area contributed by atoms with E-state index in [1.54, 1.807) is 24.4 Å². The van der Waals surface area contributed by atoms with Crippen LogP contribution in [0.2, 0.25) is 0 Å². The molecule has 0 aliphatic carbocycles. The van der Waals surface area contributed by atoms with E-state index in [4.69, 9.17) is 4.74 Å². The number of rotatable bonds is 7. The smallest absolute Gasteiger partial charge is 0.128 e. The molecule has 6 heteroatoms. The summed E-state index contributed by atoms with van der Waals surface area (Å²) in [7, 11) is 0. The normalized spacial score (nSPS) is 10.7. The number of carboxylic acid groups (broad SMARTS) is 1. The van der Waals surface area contributed by atoms with Crippen molar-refractivity contribution in [2.45, 2.75) is 6.61 Å². The van der Waals surface area contributed by atoms with Gasteiger partial charge in [-0.2, -0.15) is 5.10 Å². The topological polar surface area (TPSA) is 73.8 Å². The number of nitrogens with zero attached hydrogens (tertiary/aromatic N) is 1. The van der Waals surface area contributed by atoms with E-state index in [1.807, 2.05) is 48.5 Å². The molecule has 0 aliphatic heterocycles. The van der Waals surface area contributed by atoms with Gasteiger partial charge in [-0.15, -0.1) is 0 Å². The number of aromatic carboxylic acids is 1. The molecule has 5 nitrogen and oxygen atoms in total. The van der Waals surface area contributed by atoms with Gasteiger partial charge in [0.2, 0.25) is 0 Å². The lowest BCUT2D eigenvalue weighted by molar-refractivity contribution is -0.254. The molecular formula is C21H16BrN2O3-. The van der Waals surface area contributed by atoms with E-state index >= 15 is 0 Å². The van der Waals surface area contributed by atoms with E-state index in [0.717, 1.165) is 15.6 Å². The lowest BCUT2D eigenvalue weighted by Crippen LogP contribution is -2.23. The van der Waals surface area contributed by atoms with E-state index in [2.05, 4.69) is 26.5 Å². The highest BCUT2D eigenvalue weighted by Gasteiger charge is 2.03. The molecule has 0 atom stereocenters. The summed E-state index contributed by atoms with van der Waals surface area (Å²) in [4.78, 5) is 11.1. The monoisotopic (exact) mass is 423 g/mol. The zero-order valence-corrected chi connectivity index (χ0v) is 15.8. The predicted molar refractivity (Wildman–Crippen MR) is 107 cm³/mol. The molecule has 0 aliphatic rings. The van der Waals surface area contributed by atoms with Crippen LogP contribution in [0.4, 0.5) is 5.69 Å². The quantitative estimate of drug-likeness (QED) is 0.462. The number of halogens is 1. The molecule has 0 aromatic heterocycles. The number of carbonyl (C=O) groups is 1. The molecular weight excluding hydrogens is 408 g/mol. The Morgan fingerprint density at radius 2 is 1.74 bits per heavy atom. The highest BCUT2D eigenvalue weighted by molar-refractivity contribution is 9.10. The Kier molecular flexibility index (Phi) is 6.22. The van der Waals surface area contributed by atoms with Crippen LogP contribution in [-0.4, -0.2) is 12.2 Å². The van der Waals surface area contributed by atoms with Crippen LogP contribution in [0, 0.1) is 0 Å². The second-order valence-corrected chi connectivity index (χ2v) is 6.57. The summed E-state index contributed by atoms with van der Waals surface area (Å²) in [6.07, 6.45) is 1.59. The minimum absolute atomic E-state index is 0.0504. The van der Waals surface area contributed by atoms with Gasteiger partial charge in [0.1, 0.15) is 12.4 Å². The lowest BCUT2D eigenvalue weighted by atomic mass is 10.2. The summed E-state index contributed by atoms with van der Waals surface area (Å²) in [5, 5.41) is 15.3. The average molecular weight is 424 g/mol. The van der Waals surface area contributed by atoms with Crippen LogP contribution in [0.1, 0.15) is 21.5 Å². The molecule has 0 spiro atoms. The van der Waals surface area contributed by atoms with E-state index in [9.17, 15) is 9.90 Å². The minimum atomic E-state index is -1.26. The van der Waals surface area contributed by atoms with Crippen molar-refractivity contribution in [3.8, 4) is 5.75 Å². The van der Waals surface area contributed by atoms with Crippen LogP contribution < -0.4 is 15.3 Å². The molecule has 0 heterocycles. The highest BCUT2D eigenvalue weighted by Crippen LogP contribution is 2.19. The second kappa shape index (κ2) is 9.00. The number of benzene rings is 3. The van der Waals surface area contributed by atoms with Crippen LogP contribution in [0.5, 0.6) is 5.75 Å². The molecule has 0 amide bonds. The average Bonchev–Trinajstić information content (AvgIpc) is 2.69. The van der Waals surface area contributed by atoms with Gasteiger partial charge in [-0.05, 0) is 35.9 Å². The SMILES string of the molecule is O=C([O-])c1ccccc1N/N=C\c1ccccc1OCc1ccc(Br)cc1. The van der Waals surface area contributed by atoms with Gasteiger partial charge in [0.15, 0.2) is 0 Å². The molecule has 0 saturated carbocycles. The van der Waals surface area contributed by atoms with Crippen molar-refractivity contribution < 1.29 is 14.6 Å². The number of carboxylic acids is 1. The third-order valence-electron chi connectivity index (χ3n) is 3.76. The lowest BCUT2D eigenvalue weighted by Gasteiger charge is -2.10. The fraction of sp³-hybridized carbons (Fsp3) is 0.0476. The summed E-state index contributed by atoms with van der Waals surface area (Å²) >= 11 is 3.41. The Bertz CT molecular complexity index is 956. The van der Waals surface area contributed by atoms with Crippen molar-refractivity contribution in [2.75, 3.05) is 5.43 Å². The Labute approximate surface area is 165 Å². The first-order valence-electron chi connectivity index (χ1n) is 8.19. The summed E-state index contributed by atoms with van der Waals surface area (Å²) in [5.41, 5.74) is 4.97. The van der Waals surface area contributed by atoms with Crippen molar-refractivity contribution in [1.82, 2.24) is 0 Å². The molecule has 0 unspecified atom stereocenters. The number of nitrogens with one attached hydrogen (secondary N) is 1. The first kappa shape index (κ1) is 18.7. The van der Waals surface area contributed by atoms with E-state index in [1.165, 1.54) is 6.07 Å². The zero-order chi connectivity index (χ0) is 19.1. The van der Waals surface area contributed by atoms with Crippen LogP contribution in [0.3, 0.4) is 0 Å². The Morgan fingerprint density at radius 1 is 1.04 bits per heavy atom. The first-order valence-corrected chi connectivity index (χ1v) is 8.98. The van der Waals surface area contributed by atoms with Gasteiger partial charge in [0.05, 0.1) is 17.9 Å². The maximum atomic E-state index is 11.1. The summed E-state index contributed by atoms with van der Waals surface area (Å²) in [5.74, 6) is -0.578. The van der Waals surface area contributed by atoms with Gasteiger partial charge >= 0.3 is 0 Å². The minimum Gasteiger partial charge on any atom is -0.545 e. The van der Waals surface area contributed by atoms with E-state index in [0.29, 0.717) is 18.0 Å². The van der Waals surface area contributed by atoms with Crippen LogP contribution in [0.15, 0.2) is 82.4 Å². The summed E-state index contributed by atoms with van der Waals surface area (Å²) < 4.78 is 6.90. The molecule has 0 bridgehead atoms. The maximum absolute atomic E-state index is 11.1. The summed E-state index contributed by atoms with van der Waals surface area (Å²) in [6.45, 7) is 0.430. The number of carbonyl (C=O) groups excluding carboxylic acids is 1. The third-order valence-corrected chi connectivity index (χ3v) is 4.29. The molecule has 1 N–H and O–H groups in total. The fourth-order valence-electron chi connectivity index (χ4n) is 2.39. The number of para-hydroxylation sites is 2. The number of hydrazone groups is 1. The van der Waals surface area contributed by atoms with Crippen LogP contribution in [0.25, 0.3) is 0 Å². The van der Waals surface area contributed by atoms with Crippen molar-refractivity contribution >= 4 is 33.8 Å². The van der Waals surface area contributed by atoms with Gasteiger partial charge in [-0.25, -0.2) is 0 Å². The molecule has 0 radical (unpaired) electrons. The number of hydrogen-bond donors (Lipinski definition) is 1. The van der Waals surface area contributed by atoms with Crippen molar-refractivity contribution in [3.05, 3.63) is 94.0 Å². The Morgan fingerprint density at radius 3 is 2.52 bits per heavy atom. The molecule has 3 rings (SSSR count). The van der Waals surface area contributed by atoms with Crippen LogP contribution >= 0.6 is 15.9 Å². The van der Waals surface area contributed by atoms with Gasteiger partial charge in [0, 0.05) is 15.6 Å². The number of hydrogen-bond acceptors (Lipinski definition) is 5. The zero-order valence-electron chi connectivity index (χ0n) is 14.3. The van der Waals surface area contributed by atoms with E-state index < -0.39 is 5.97 Å². The Hall–Kier alpha value is -3.12. The van der Waals surface area contributed by atoms with E-state index in [-0.39, 0.29) is 5.56 Å². The highest BCUT2D eigenvalue weighted by atomic mass is 79.9. The number of ether oxygens (including phenoxy) is 1. The van der Waals surface area contributed by atoms with Crippen LogP contribution in [-0.2, 0) is 6.61 Å². The van der Waals surface area contributed by atoms with Gasteiger partial charge in [0.25, 0.3) is 0 Å². The molecule has 3 aromatic carbocycles. The molecule has 27 heavy (non-hydrogen) atoms. The fourth-order valence-corrected chi connectivity index (χ4v) is 2.65. The van der Waals surface area contributed by atoms with Gasteiger partial charge in [-0.3, -0.25) is 5.43 Å². The predicted octanol–water partition coefficient (Wildman–Crippen LogP) is 3.84.